The second kappa shape index (κ2) is 8.04. The number of nitrogens with one attached hydrogen (secondary N) is 1. The van der Waals surface area contributed by atoms with Crippen LogP contribution in [-0.2, 0) is 16.1 Å². The van der Waals surface area contributed by atoms with Gasteiger partial charge in [-0.2, -0.15) is 0 Å². The van der Waals surface area contributed by atoms with Crippen molar-refractivity contribution in [3.05, 3.63) is 47.4 Å². The lowest BCUT2D eigenvalue weighted by Gasteiger charge is -2.22. The maximum absolute atomic E-state index is 13.5. The number of amides is 1. The van der Waals surface area contributed by atoms with Gasteiger partial charge in [0.1, 0.15) is 12.4 Å². The third-order valence-electron chi connectivity index (χ3n) is 3.43. The lowest BCUT2D eigenvalue weighted by Crippen LogP contribution is -2.39. The Hall–Kier alpha value is -2.52. The van der Waals surface area contributed by atoms with E-state index in [1.165, 1.54) is 12.1 Å². The van der Waals surface area contributed by atoms with Gasteiger partial charge in [-0.25, -0.2) is 8.78 Å². The number of carbonyl (C=O) groups is 1. The maximum Gasteiger partial charge on any atom is 0.273 e. The molecule has 0 unspecified atom stereocenters. The maximum atomic E-state index is 13.5. The first-order valence-corrected chi connectivity index (χ1v) is 7.63. The van der Waals surface area contributed by atoms with Crippen LogP contribution >= 0.6 is 0 Å². The smallest absolute Gasteiger partial charge is 0.273 e. The zero-order chi connectivity index (χ0) is 17.6. The number of rotatable bonds is 6. The second-order valence-electron chi connectivity index (χ2n) is 5.32. The molecule has 1 fully saturated rings. The van der Waals surface area contributed by atoms with Crippen molar-refractivity contribution < 1.29 is 32.3 Å². The third kappa shape index (κ3) is 4.74. The van der Waals surface area contributed by atoms with Crippen LogP contribution in [0.25, 0.3) is 0 Å². The Balaban J connectivity index is 1.50. The van der Waals surface area contributed by atoms with Gasteiger partial charge in [-0.3, -0.25) is 4.79 Å². The molecule has 1 aliphatic heterocycles. The Kier molecular flexibility index (Phi) is 5.56. The van der Waals surface area contributed by atoms with Crippen LogP contribution in [0.3, 0.4) is 0 Å². The monoisotopic (exact) mass is 354 g/mol. The first-order chi connectivity index (χ1) is 12.1. The first-order valence-electron chi connectivity index (χ1n) is 7.63. The molecule has 134 valence electrons. The van der Waals surface area contributed by atoms with Crippen LogP contribution in [0.2, 0.25) is 0 Å². The van der Waals surface area contributed by atoms with Gasteiger partial charge in [0, 0.05) is 18.7 Å². The lowest BCUT2D eigenvalue weighted by molar-refractivity contribution is -0.0855. The lowest BCUT2D eigenvalue weighted by atomic mass is 10.3. The molecule has 25 heavy (non-hydrogen) atoms. The average Bonchev–Trinajstić information content (AvgIpc) is 3.09. The van der Waals surface area contributed by atoms with Crippen molar-refractivity contribution in [3.8, 4) is 5.75 Å². The van der Waals surface area contributed by atoms with Gasteiger partial charge in [0.05, 0.1) is 25.9 Å². The van der Waals surface area contributed by atoms with E-state index in [-0.39, 0.29) is 36.5 Å². The Labute approximate surface area is 141 Å². The fraction of sp³-hybridized carbons (Fsp3) is 0.375. The Morgan fingerprint density at radius 3 is 2.96 bits per heavy atom. The van der Waals surface area contributed by atoms with Gasteiger partial charge in [-0.05, 0) is 12.1 Å². The summed E-state index contributed by atoms with van der Waals surface area (Å²) in [5, 5.41) is 6.30. The summed E-state index contributed by atoms with van der Waals surface area (Å²) in [5.41, 5.74) is 0.0647. The summed E-state index contributed by atoms with van der Waals surface area (Å²) in [6.45, 7) is 1.60. The van der Waals surface area contributed by atoms with E-state index in [1.54, 1.807) is 0 Å². The van der Waals surface area contributed by atoms with Crippen molar-refractivity contribution in [3.63, 3.8) is 0 Å². The van der Waals surface area contributed by atoms with E-state index in [9.17, 15) is 13.6 Å². The van der Waals surface area contributed by atoms with E-state index < -0.39 is 17.5 Å². The molecular weight excluding hydrogens is 338 g/mol. The van der Waals surface area contributed by atoms with Crippen LogP contribution in [0.1, 0.15) is 16.2 Å². The van der Waals surface area contributed by atoms with E-state index in [0.29, 0.717) is 25.9 Å². The minimum Gasteiger partial charge on any atom is -0.482 e. The van der Waals surface area contributed by atoms with Crippen LogP contribution in [0, 0.1) is 11.6 Å². The normalized spacial score (nSPS) is 17.3. The molecule has 1 aromatic carbocycles. The summed E-state index contributed by atoms with van der Waals surface area (Å²) < 4.78 is 47.1. The molecule has 1 amide bonds. The first kappa shape index (κ1) is 17.3. The number of hydrogen-bond donors (Lipinski definition) is 1. The van der Waals surface area contributed by atoms with Gasteiger partial charge in [0.15, 0.2) is 23.0 Å². The van der Waals surface area contributed by atoms with Gasteiger partial charge in [-0.15, -0.1) is 0 Å². The third-order valence-corrected chi connectivity index (χ3v) is 3.43. The number of ether oxygens (including phenoxy) is 3. The molecule has 2 aromatic rings. The molecule has 1 aliphatic rings. The second-order valence-corrected chi connectivity index (χ2v) is 5.32. The molecular formula is C16H16F2N2O5. The molecule has 7 nitrogen and oxygen atoms in total. The van der Waals surface area contributed by atoms with Crippen LogP contribution in [0.4, 0.5) is 8.78 Å². The van der Waals surface area contributed by atoms with Crippen LogP contribution < -0.4 is 10.1 Å². The summed E-state index contributed by atoms with van der Waals surface area (Å²) in [4.78, 5) is 12.0. The summed E-state index contributed by atoms with van der Waals surface area (Å²) in [6, 6.07) is 4.34. The predicted octanol–water partition coefficient (Wildman–Crippen LogP) is 1.68. The van der Waals surface area contributed by atoms with Crippen LogP contribution in [-0.4, -0.2) is 43.5 Å². The molecule has 1 atom stereocenters. The average molecular weight is 354 g/mol. The predicted molar refractivity (Wildman–Crippen MR) is 80.1 cm³/mol. The highest BCUT2D eigenvalue weighted by Gasteiger charge is 2.18. The summed E-state index contributed by atoms with van der Waals surface area (Å²) in [7, 11) is 0. The van der Waals surface area contributed by atoms with E-state index in [0.717, 1.165) is 6.07 Å². The summed E-state index contributed by atoms with van der Waals surface area (Å²) in [6.07, 6.45) is -0.200. The van der Waals surface area contributed by atoms with Gasteiger partial charge in [0.25, 0.3) is 5.91 Å². The Morgan fingerprint density at radius 2 is 2.20 bits per heavy atom. The highest BCUT2D eigenvalue weighted by atomic mass is 19.1. The van der Waals surface area contributed by atoms with Crippen molar-refractivity contribution in [2.75, 3.05) is 26.4 Å². The molecule has 0 bridgehead atoms. The molecule has 9 heteroatoms. The number of aromatic nitrogens is 1. The number of nitrogens with zero attached hydrogens (tertiary/aromatic N) is 1. The van der Waals surface area contributed by atoms with Crippen LogP contribution in [0.15, 0.2) is 28.8 Å². The fourth-order valence-electron chi connectivity index (χ4n) is 2.18. The van der Waals surface area contributed by atoms with Gasteiger partial charge >= 0.3 is 0 Å². The number of hydrogen-bond acceptors (Lipinski definition) is 6. The zero-order valence-corrected chi connectivity index (χ0v) is 13.2. The van der Waals surface area contributed by atoms with Crippen molar-refractivity contribution in [2.24, 2.45) is 0 Å². The number of halogens is 2. The Morgan fingerprint density at radius 1 is 1.32 bits per heavy atom. The SMILES string of the molecule is O=C(NC[C@H]1COCCO1)c1cc(COc2ccc(F)cc2F)on1. The molecule has 1 N–H and O–H groups in total. The molecule has 0 spiro atoms. The quantitative estimate of drug-likeness (QED) is 0.850. The number of benzene rings is 1. The van der Waals surface area contributed by atoms with Gasteiger partial charge < -0.3 is 24.1 Å². The molecule has 2 heterocycles. The van der Waals surface area contributed by atoms with Crippen molar-refractivity contribution in [2.45, 2.75) is 12.7 Å². The van der Waals surface area contributed by atoms with E-state index >= 15 is 0 Å². The van der Waals surface area contributed by atoms with E-state index in [4.69, 9.17) is 18.7 Å². The molecule has 0 radical (unpaired) electrons. The largest absolute Gasteiger partial charge is 0.482 e. The van der Waals surface area contributed by atoms with Gasteiger partial charge in [0.2, 0.25) is 0 Å². The molecule has 1 saturated heterocycles. The molecule has 0 aliphatic carbocycles. The van der Waals surface area contributed by atoms with Gasteiger partial charge in [-0.1, -0.05) is 5.16 Å². The van der Waals surface area contributed by atoms with Crippen molar-refractivity contribution >= 4 is 5.91 Å². The highest BCUT2D eigenvalue weighted by molar-refractivity contribution is 5.92. The summed E-state index contributed by atoms with van der Waals surface area (Å²) in [5.74, 6) is -1.86. The molecule has 0 saturated carbocycles. The molecule has 1 aromatic heterocycles. The Bertz CT molecular complexity index is 731. The molecule has 3 rings (SSSR count). The zero-order valence-electron chi connectivity index (χ0n) is 13.2. The topological polar surface area (TPSA) is 82.8 Å². The fourth-order valence-corrected chi connectivity index (χ4v) is 2.18. The highest BCUT2D eigenvalue weighted by Crippen LogP contribution is 2.19. The van der Waals surface area contributed by atoms with Crippen molar-refractivity contribution in [1.82, 2.24) is 10.5 Å². The van der Waals surface area contributed by atoms with E-state index in [1.807, 2.05) is 0 Å². The van der Waals surface area contributed by atoms with E-state index in [2.05, 4.69) is 10.5 Å². The minimum atomic E-state index is -0.827. The number of carbonyl (C=O) groups excluding carboxylic acids is 1. The standard InChI is InChI=1S/C16H16F2N2O5/c17-10-1-2-15(13(18)5-10)24-9-11-6-14(20-25-11)16(21)19-7-12-8-22-3-4-23-12/h1-2,5-6,12H,3-4,7-9H2,(H,19,21)/t12-/m0/s1. The van der Waals surface area contributed by atoms with Crippen LogP contribution in [0.5, 0.6) is 5.75 Å². The minimum absolute atomic E-state index is 0.0647. The summed E-state index contributed by atoms with van der Waals surface area (Å²) >= 11 is 0. The van der Waals surface area contributed by atoms with Crippen molar-refractivity contribution in [1.29, 1.82) is 0 Å².